The van der Waals surface area contributed by atoms with Crippen molar-refractivity contribution in [2.45, 2.75) is 63.5 Å². The van der Waals surface area contributed by atoms with Crippen LogP contribution in [0.1, 0.15) is 63.0 Å². The van der Waals surface area contributed by atoms with Gasteiger partial charge in [-0.05, 0) is 42.8 Å². The Morgan fingerprint density at radius 2 is 1.97 bits per heavy atom. The summed E-state index contributed by atoms with van der Waals surface area (Å²) in [6.07, 6.45) is 4.10. The molecular weight excluding hydrogens is 373 g/mol. The summed E-state index contributed by atoms with van der Waals surface area (Å²) in [5.74, 6) is 0.969. The summed E-state index contributed by atoms with van der Waals surface area (Å²) in [5, 5.41) is 13.2. The predicted octanol–water partition coefficient (Wildman–Crippen LogP) is 3.69. The van der Waals surface area contributed by atoms with Gasteiger partial charge >= 0.3 is 0 Å². The number of rotatable bonds is 5. The maximum atomic E-state index is 14.6. The largest absolute Gasteiger partial charge is 0.381 e. The Morgan fingerprint density at radius 3 is 2.72 bits per heavy atom. The molecule has 1 aliphatic heterocycles. The minimum atomic E-state index is -0.336. The Balaban J connectivity index is 1.33. The number of nitrogens with zero attached hydrogens (tertiary/aromatic N) is 4. The van der Waals surface area contributed by atoms with Gasteiger partial charge in [-0.1, -0.05) is 26.0 Å². The molecule has 154 valence electrons. The molecule has 0 radical (unpaired) electrons. The van der Waals surface area contributed by atoms with Crippen LogP contribution in [0.25, 0.3) is 16.9 Å². The van der Waals surface area contributed by atoms with Crippen LogP contribution < -0.4 is 5.32 Å². The Hall–Kier alpha value is -2.32. The van der Waals surface area contributed by atoms with E-state index in [-0.39, 0.29) is 17.7 Å². The van der Waals surface area contributed by atoms with E-state index in [9.17, 15) is 4.39 Å². The fourth-order valence-corrected chi connectivity index (χ4v) is 4.35. The molecule has 1 N–H and O–H groups in total. The maximum absolute atomic E-state index is 14.6. The quantitative estimate of drug-likeness (QED) is 0.705. The minimum absolute atomic E-state index is 0.163. The average Bonchev–Trinajstić information content (AvgIpc) is 3.30. The van der Waals surface area contributed by atoms with Crippen LogP contribution in [0.2, 0.25) is 0 Å². The molecule has 1 saturated carbocycles. The van der Waals surface area contributed by atoms with Crippen LogP contribution in [0.4, 0.5) is 4.39 Å². The number of hydrogen-bond acceptors (Lipinski definition) is 6. The normalized spacial score (nSPS) is 23.0. The highest BCUT2D eigenvalue weighted by Crippen LogP contribution is 2.37. The SMILES string of the molecule is CC(C)c1nn(-c2noc(C3CC(NC4CCOCC4)C3)n2)c2c(F)cccc12. The highest BCUT2D eigenvalue weighted by molar-refractivity contribution is 5.84. The molecule has 0 amide bonds. The van der Waals surface area contributed by atoms with Gasteiger partial charge in [-0.15, -0.1) is 0 Å². The van der Waals surface area contributed by atoms with Crippen molar-refractivity contribution in [2.24, 2.45) is 0 Å². The first-order chi connectivity index (χ1) is 14.1. The molecule has 2 aliphatic rings. The standard InChI is InChI=1S/C21H26FN5O2/c1-12(2)18-16-4-3-5-17(22)19(16)27(25-18)21-24-20(29-26-21)13-10-15(11-13)23-14-6-8-28-9-7-14/h3-5,12-15,23H,6-11H2,1-2H3. The Labute approximate surface area is 168 Å². The van der Waals surface area contributed by atoms with E-state index in [4.69, 9.17) is 9.26 Å². The van der Waals surface area contributed by atoms with Gasteiger partial charge in [-0.25, -0.2) is 4.39 Å². The summed E-state index contributed by atoms with van der Waals surface area (Å²) in [5.41, 5.74) is 1.23. The van der Waals surface area contributed by atoms with E-state index in [0.717, 1.165) is 50.0 Å². The molecular formula is C21H26FN5O2. The van der Waals surface area contributed by atoms with E-state index < -0.39 is 0 Å². The van der Waals surface area contributed by atoms with Crippen LogP contribution in [0, 0.1) is 5.82 Å². The lowest BCUT2D eigenvalue weighted by molar-refractivity contribution is 0.0686. The van der Waals surface area contributed by atoms with Crippen LogP contribution in [-0.2, 0) is 4.74 Å². The van der Waals surface area contributed by atoms with E-state index in [1.165, 1.54) is 10.7 Å². The predicted molar refractivity (Wildman–Crippen MR) is 106 cm³/mol. The Kier molecular flexibility index (Phi) is 4.83. The van der Waals surface area contributed by atoms with Gasteiger partial charge in [-0.3, -0.25) is 0 Å². The van der Waals surface area contributed by atoms with E-state index in [0.29, 0.717) is 29.4 Å². The molecule has 2 aromatic heterocycles. The van der Waals surface area contributed by atoms with Crippen molar-refractivity contribution in [3.63, 3.8) is 0 Å². The smallest absolute Gasteiger partial charge is 0.291 e. The maximum Gasteiger partial charge on any atom is 0.291 e. The first-order valence-corrected chi connectivity index (χ1v) is 10.4. The van der Waals surface area contributed by atoms with Gasteiger partial charge in [-0.2, -0.15) is 14.8 Å². The molecule has 0 atom stereocenters. The number of aromatic nitrogens is 4. The zero-order chi connectivity index (χ0) is 20.0. The number of para-hydroxylation sites is 1. The highest BCUT2D eigenvalue weighted by atomic mass is 19.1. The van der Waals surface area contributed by atoms with Crippen LogP contribution in [0.3, 0.4) is 0 Å². The summed E-state index contributed by atoms with van der Waals surface area (Å²) < 4.78 is 27.0. The van der Waals surface area contributed by atoms with Crippen molar-refractivity contribution < 1.29 is 13.7 Å². The van der Waals surface area contributed by atoms with Gasteiger partial charge < -0.3 is 14.6 Å². The Morgan fingerprint density at radius 1 is 1.17 bits per heavy atom. The molecule has 3 heterocycles. The zero-order valence-corrected chi connectivity index (χ0v) is 16.8. The van der Waals surface area contributed by atoms with Crippen molar-refractivity contribution in [3.05, 3.63) is 35.6 Å². The molecule has 1 aromatic carbocycles. The molecule has 8 heteroatoms. The van der Waals surface area contributed by atoms with Crippen molar-refractivity contribution in [1.29, 1.82) is 0 Å². The lowest BCUT2D eigenvalue weighted by Crippen LogP contribution is -2.47. The third-order valence-corrected chi connectivity index (χ3v) is 6.03. The van der Waals surface area contributed by atoms with Crippen molar-refractivity contribution in [1.82, 2.24) is 25.2 Å². The number of hydrogen-bond donors (Lipinski definition) is 1. The zero-order valence-electron chi connectivity index (χ0n) is 16.8. The number of benzene rings is 1. The number of fused-ring (bicyclic) bond motifs is 1. The molecule has 29 heavy (non-hydrogen) atoms. The van der Waals surface area contributed by atoms with Crippen LogP contribution in [0.15, 0.2) is 22.7 Å². The van der Waals surface area contributed by atoms with E-state index in [1.54, 1.807) is 6.07 Å². The first kappa shape index (κ1) is 18.7. The molecule has 0 bridgehead atoms. The van der Waals surface area contributed by atoms with E-state index >= 15 is 0 Å². The monoisotopic (exact) mass is 399 g/mol. The van der Waals surface area contributed by atoms with Crippen molar-refractivity contribution >= 4 is 10.9 Å². The summed E-state index contributed by atoms with van der Waals surface area (Å²) in [6, 6.07) is 6.05. The van der Waals surface area contributed by atoms with Gasteiger partial charge in [0, 0.05) is 36.6 Å². The van der Waals surface area contributed by atoms with Gasteiger partial charge in [0.25, 0.3) is 5.95 Å². The summed E-state index contributed by atoms with van der Waals surface area (Å²) in [7, 11) is 0. The fraction of sp³-hybridized carbons (Fsp3) is 0.571. The second-order valence-corrected chi connectivity index (χ2v) is 8.44. The summed E-state index contributed by atoms with van der Waals surface area (Å²) in [6.45, 7) is 5.76. The molecule has 0 unspecified atom stereocenters. The molecule has 5 rings (SSSR count). The highest BCUT2D eigenvalue weighted by Gasteiger charge is 2.36. The van der Waals surface area contributed by atoms with Crippen molar-refractivity contribution in [2.75, 3.05) is 13.2 Å². The van der Waals surface area contributed by atoms with Crippen LogP contribution in [0.5, 0.6) is 0 Å². The van der Waals surface area contributed by atoms with Gasteiger partial charge in [0.05, 0.1) is 5.69 Å². The van der Waals surface area contributed by atoms with Gasteiger partial charge in [0.15, 0.2) is 0 Å². The molecule has 7 nitrogen and oxygen atoms in total. The van der Waals surface area contributed by atoms with Gasteiger partial charge in [0.2, 0.25) is 5.89 Å². The summed E-state index contributed by atoms with van der Waals surface area (Å²) >= 11 is 0. The third-order valence-electron chi connectivity index (χ3n) is 6.03. The molecule has 0 spiro atoms. The van der Waals surface area contributed by atoms with Crippen LogP contribution >= 0.6 is 0 Å². The summed E-state index contributed by atoms with van der Waals surface area (Å²) in [4.78, 5) is 4.56. The van der Waals surface area contributed by atoms with Crippen molar-refractivity contribution in [3.8, 4) is 5.95 Å². The first-order valence-electron chi connectivity index (χ1n) is 10.4. The van der Waals surface area contributed by atoms with Crippen LogP contribution in [-0.4, -0.2) is 45.2 Å². The second-order valence-electron chi connectivity index (χ2n) is 8.44. The Bertz CT molecular complexity index is 1000. The van der Waals surface area contributed by atoms with E-state index in [2.05, 4.69) is 20.6 Å². The fourth-order valence-electron chi connectivity index (χ4n) is 4.35. The number of nitrogens with one attached hydrogen (secondary N) is 1. The topological polar surface area (TPSA) is 78.0 Å². The lowest BCUT2D eigenvalue weighted by atomic mass is 9.79. The molecule has 1 saturated heterocycles. The molecule has 1 aliphatic carbocycles. The third kappa shape index (κ3) is 3.44. The minimum Gasteiger partial charge on any atom is -0.381 e. The lowest BCUT2D eigenvalue weighted by Gasteiger charge is -2.37. The van der Waals surface area contributed by atoms with E-state index in [1.807, 2.05) is 19.9 Å². The molecule has 2 fully saturated rings. The van der Waals surface area contributed by atoms with Gasteiger partial charge in [0.1, 0.15) is 11.3 Å². The number of ether oxygens (including phenoxy) is 1. The average molecular weight is 399 g/mol. The number of halogens is 1. The second kappa shape index (κ2) is 7.50. The molecule has 3 aromatic rings.